The topological polar surface area (TPSA) is 24.5 Å². The number of rotatable bonds is 8. The Kier molecular flexibility index (Phi) is 6.52. The number of hydrogen-bond donors (Lipinski definition) is 1. The molecule has 2 rings (SSSR count). The van der Waals surface area contributed by atoms with Crippen molar-refractivity contribution in [1.82, 2.24) is 10.2 Å². The van der Waals surface area contributed by atoms with Gasteiger partial charge in [-0.25, -0.2) is 0 Å². The summed E-state index contributed by atoms with van der Waals surface area (Å²) in [4.78, 5) is 2.54. The number of nitrogens with one attached hydrogen (secondary N) is 1. The van der Waals surface area contributed by atoms with Crippen LogP contribution >= 0.6 is 0 Å². The van der Waals surface area contributed by atoms with Crippen LogP contribution in [0.1, 0.15) is 50.3 Å². The smallest absolute Gasteiger partial charge is 0.124 e. The minimum Gasteiger partial charge on any atom is -0.493 e. The maximum atomic E-state index is 6.05. The summed E-state index contributed by atoms with van der Waals surface area (Å²) in [6.45, 7) is 12.0. The highest BCUT2D eigenvalue weighted by molar-refractivity contribution is 5.38. The van der Waals surface area contributed by atoms with Crippen LogP contribution in [-0.2, 0) is 0 Å². The molecule has 0 radical (unpaired) electrons. The lowest BCUT2D eigenvalue weighted by Crippen LogP contribution is -2.22. The van der Waals surface area contributed by atoms with Gasteiger partial charge in [0.1, 0.15) is 5.75 Å². The van der Waals surface area contributed by atoms with Gasteiger partial charge in [0, 0.05) is 18.2 Å². The van der Waals surface area contributed by atoms with Crippen LogP contribution in [0.3, 0.4) is 0 Å². The zero-order chi connectivity index (χ0) is 15.1. The van der Waals surface area contributed by atoms with Crippen molar-refractivity contribution in [3.8, 4) is 5.75 Å². The number of ether oxygens (including phenoxy) is 1. The number of benzene rings is 1. The van der Waals surface area contributed by atoms with E-state index in [0.717, 1.165) is 25.3 Å². The second-order valence-corrected chi connectivity index (χ2v) is 6.07. The van der Waals surface area contributed by atoms with Crippen LogP contribution in [0.5, 0.6) is 5.75 Å². The molecular weight excluding hydrogens is 260 g/mol. The third-order valence-corrected chi connectivity index (χ3v) is 4.22. The van der Waals surface area contributed by atoms with E-state index >= 15 is 0 Å². The molecule has 0 aliphatic carbocycles. The lowest BCUT2D eigenvalue weighted by Gasteiger charge is -2.19. The third kappa shape index (κ3) is 5.01. The predicted octanol–water partition coefficient (Wildman–Crippen LogP) is 3.53. The van der Waals surface area contributed by atoms with E-state index in [1.165, 1.54) is 43.6 Å². The summed E-state index contributed by atoms with van der Waals surface area (Å²) in [6, 6.07) is 6.83. The Morgan fingerprint density at radius 1 is 1.29 bits per heavy atom. The highest BCUT2D eigenvalue weighted by Crippen LogP contribution is 2.26. The van der Waals surface area contributed by atoms with E-state index in [4.69, 9.17) is 4.74 Å². The molecule has 1 atom stereocenters. The SMILES string of the molecule is CCNC(C)c1cc(C)ccc1OCCCN1CCCC1. The van der Waals surface area contributed by atoms with E-state index in [2.05, 4.69) is 49.2 Å². The lowest BCUT2D eigenvalue weighted by molar-refractivity contribution is 0.260. The van der Waals surface area contributed by atoms with Crippen LogP contribution in [-0.4, -0.2) is 37.7 Å². The predicted molar refractivity (Wildman–Crippen MR) is 89.1 cm³/mol. The van der Waals surface area contributed by atoms with E-state index in [-0.39, 0.29) is 0 Å². The number of nitrogens with zero attached hydrogens (tertiary/aromatic N) is 1. The van der Waals surface area contributed by atoms with Gasteiger partial charge in [-0.05, 0) is 58.8 Å². The first kappa shape index (κ1) is 16.3. The Balaban J connectivity index is 1.86. The molecule has 1 aromatic carbocycles. The van der Waals surface area contributed by atoms with Crippen LogP contribution < -0.4 is 10.1 Å². The molecule has 0 spiro atoms. The first-order valence-corrected chi connectivity index (χ1v) is 8.39. The van der Waals surface area contributed by atoms with Crippen molar-refractivity contribution in [2.75, 3.05) is 32.8 Å². The van der Waals surface area contributed by atoms with Gasteiger partial charge >= 0.3 is 0 Å². The molecule has 1 unspecified atom stereocenters. The molecule has 3 heteroatoms. The molecule has 1 aromatic rings. The van der Waals surface area contributed by atoms with Gasteiger partial charge in [-0.15, -0.1) is 0 Å². The highest BCUT2D eigenvalue weighted by Gasteiger charge is 2.13. The summed E-state index contributed by atoms with van der Waals surface area (Å²) in [6.07, 6.45) is 3.84. The average Bonchev–Trinajstić information content (AvgIpc) is 2.98. The maximum absolute atomic E-state index is 6.05. The minimum absolute atomic E-state index is 0.337. The van der Waals surface area contributed by atoms with Crippen molar-refractivity contribution in [2.45, 2.75) is 46.1 Å². The lowest BCUT2D eigenvalue weighted by atomic mass is 10.0. The van der Waals surface area contributed by atoms with Crippen molar-refractivity contribution in [3.63, 3.8) is 0 Å². The fourth-order valence-corrected chi connectivity index (χ4v) is 3.03. The van der Waals surface area contributed by atoms with Crippen molar-refractivity contribution < 1.29 is 4.74 Å². The fourth-order valence-electron chi connectivity index (χ4n) is 3.03. The zero-order valence-electron chi connectivity index (χ0n) is 13.8. The van der Waals surface area contributed by atoms with Crippen LogP contribution in [0, 0.1) is 6.92 Å². The Bertz CT molecular complexity index is 427. The van der Waals surface area contributed by atoms with Crippen molar-refractivity contribution in [3.05, 3.63) is 29.3 Å². The maximum Gasteiger partial charge on any atom is 0.124 e. The van der Waals surface area contributed by atoms with Gasteiger partial charge in [0.15, 0.2) is 0 Å². The molecule has 3 nitrogen and oxygen atoms in total. The molecule has 1 aliphatic heterocycles. The number of aryl methyl sites for hydroxylation is 1. The van der Waals surface area contributed by atoms with E-state index < -0.39 is 0 Å². The van der Waals surface area contributed by atoms with Gasteiger partial charge < -0.3 is 15.0 Å². The van der Waals surface area contributed by atoms with Crippen molar-refractivity contribution in [2.24, 2.45) is 0 Å². The Labute approximate surface area is 129 Å². The normalized spacial score (nSPS) is 17.1. The van der Waals surface area contributed by atoms with E-state index in [9.17, 15) is 0 Å². The van der Waals surface area contributed by atoms with Crippen LogP contribution in [0.2, 0.25) is 0 Å². The van der Waals surface area contributed by atoms with Gasteiger partial charge in [-0.2, -0.15) is 0 Å². The van der Waals surface area contributed by atoms with E-state index in [1.807, 2.05) is 0 Å². The summed E-state index contributed by atoms with van der Waals surface area (Å²) in [7, 11) is 0. The fraction of sp³-hybridized carbons (Fsp3) is 0.667. The molecule has 118 valence electrons. The largest absolute Gasteiger partial charge is 0.493 e. The molecule has 21 heavy (non-hydrogen) atoms. The minimum atomic E-state index is 0.337. The van der Waals surface area contributed by atoms with Gasteiger partial charge in [0.2, 0.25) is 0 Å². The monoisotopic (exact) mass is 290 g/mol. The second kappa shape index (κ2) is 8.40. The van der Waals surface area contributed by atoms with Gasteiger partial charge in [0.25, 0.3) is 0 Å². The van der Waals surface area contributed by atoms with Gasteiger partial charge in [-0.3, -0.25) is 0 Å². The van der Waals surface area contributed by atoms with E-state index in [0.29, 0.717) is 6.04 Å². The number of hydrogen-bond acceptors (Lipinski definition) is 3. The summed E-state index contributed by atoms with van der Waals surface area (Å²) < 4.78 is 6.05. The molecule has 1 N–H and O–H groups in total. The third-order valence-electron chi connectivity index (χ3n) is 4.22. The van der Waals surface area contributed by atoms with Gasteiger partial charge in [0.05, 0.1) is 6.61 Å². The van der Waals surface area contributed by atoms with Crippen molar-refractivity contribution in [1.29, 1.82) is 0 Å². The number of likely N-dealkylation sites (tertiary alicyclic amines) is 1. The van der Waals surface area contributed by atoms with Crippen LogP contribution in [0.15, 0.2) is 18.2 Å². The second-order valence-electron chi connectivity index (χ2n) is 6.07. The van der Waals surface area contributed by atoms with Crippen LogP contribution in [0.25, 0.3) is 0 Å². The molecule has 0 saturated carbocycles. The summed E-state index contributed by atoms with van der Waals surface area (Å²) in [5, 5.41) is 3.48. The summed E-state index contributed by atoms with van der Waals surface area (Å²) in [5.74, 6) is 1.04. The molecule has 1 fully saturated rings. The standard InChI is InChI=1S/C18H30N2O/c1-4-19-16(3)17-14-15(2)8-9-18(17)21-13-7-12-20-10-5-6-11-20/h8-9,14,16,19H,4-7,10-13H2,1-3H3. The Morgan fingerprint density at radius 3 is 2.76 bits per heavy atom. The molecule has 0 bridgehead atoms. The Hall–Kier alpha value is -1.06. The Morgan fingerprint density at radius 2 is 2.05 bits per heavy atom. The molecule has 0 aromatic heterocycles. The molecule has 1 saturated heterocycles. The zero-order valence-corrected chi connectivity index (χ0v) is 13.8. The highest BCUT2D eigenvalue weighted by atomic mass is 16.5. The summed E-state index contributed by atoms with van der Waals surface area (Å²) in [5.41, 5.74) is 2.57. The molecule has 1 heterocycles. The molecular formula is C18H30N2O. The van der Waals surface area contributed by atoms with Gasteiger partial charge in [-0.1, -0.05) is 24.6 Å². The van der Waals surface area contributed by atoms with E-state index in [1.54, 1.807) is 0 Å². The summed E-state index contributed by atoms with van der Waals surface area (Å²) >= 11 is 0. The molecule has 0 amide bonds. The average molecular weight is 290 g/mol. The van der Waals surface area contributed by atoms with Crippen molar-refractivity contribution >= 4 is 0 Å². The first-order chi connectivity index (χ1) is 10.2. The van der Waals surface area contributed by atoms with Crippen LogP contribution in [0.4, 0.5) is 0 Å². The first-order valence-electron chi connectivity index (χ1n) is 8.39. The quantitative estimate of drug-likeness (QED) is 0.741. The molecule has 1 aliphatic rings.